The van der Waals surface area contributed by atoms with Crippen molar-refractivity contribution in [1.82, 2.24) is 23.8 Å². The van der Waals surface area contributed by atoms with Crippen molar-refractivity contribution in [2.75, 3.05) is 104 Å². The molecular formula is C38H115N4O24P3S4Si3. The highest BCUT2D eigenvalue weighted by atomic mass is 33.1. The normalized spacial score (nSPS) is 8.29. The molecule has 0 aliphatic heterocycles. The second-order valence-corrected chi connectivity index (χ2v) is 17.6. The van der Waals surface area contributed by atoms with Gasteiger partial charge in [0, 0.05) is 45.7 Å². The van der Waals surface area contributed by atoms with Gasteiger partial charge >= 0.3 is 9.53 Å². The zero-order valence-electron chi connectivity index (χ0n) is 47.1. The Morgan fingerprint density at radius 2 is 0.921 bits per heavy atom. The van der Waals surface area contributed by atoms with Crippen molar-refractivity contribution >= 4 is 144 Å². The molecule has 482 valence electrons. The number of aldehydes is 1. The van der Waals surface area contributed by atoms with E-state index in [1.807, 2.05) is 62.6 Å². The van der Waals surface area contributed by atoms with Crippen LogP contribution in [-0.4, -0.2) is 190 Å². The quantitative estimate of drug-likeness (QED) is 0.00453. The summed E-state index contributed by atoms with van der Waals surface area (Å²) in [7, 11) is 8.88. The van der Waals surface area contributed by atoms with Gasteiger partial charge in [0.15, 0.2) is 27.1 Å². The molecule has 0 aromatic carbocycles. The first-order valence-electron chi connectivity index (χ1n) is 20.8. The maximum Gasteiger partial charge on any atom is 0.483 e. The zero-order valence-corrected chi connectivity index (χ0v) is 56.6. The molecule has 0 aromatic heterocycles. The Bertz CT molecular complexity index is 669. The molecule has 0 radical (unpaired) electrons. The number of thioether (sulfide) groups is 1. The molecule has 28 nitrogen and oxygen atoms in total. The first-order chi connectivity index (χ1) is 34.7. The second-order valence-electron chi connectivity index (χ2n) is 9.71. The molecule has 0 rings (SSSR count). The molecule has 0 saturated carbocycles. The molecule has 0 spiro atoms. The summed E-state index contributed by atoms with van der Waals surface area (Å²) < 4.78 is 40.4. The fourth-order valence-corrected chi connectivity index (χ4v) is 5.45. The number of thiol groups is 1. The lowest BCUT2D eigenvalue weighted by atomic mass is 10.5. The van der Waals surface area contributed by atoms with Crippen LogP contribution >= 0.6 is 73.1 Å². The minimum atomic E-state index is -1.67. The molecule has 0 heterocycles. The van der Waals surface area contributed by atoms with Crippen molar-refractivity contribution in [1.29, 1.82) is 0 Å². The van der Waals surface area contributed by atoms with Crippen LogP contribution in [0.3, 0.4) is 0 Å². The summed E-state index contributed by atoms with van der Waals surface area (Å²) in [5, 5.41) is 15.2. The number of ether oxygens (including phenoxy) is 2. The molecule has 3 unspecified atom stereocenters. The van der Waals surface area contributed by atoms with Gasteiger partial charge in [0.05, 0.1) is 19.8 Å². The van der Waals surface area contributed by atoms with E-state index in [2.05, 4.69) is 126 Å². The second kappa shape index (κ2) is 212. The number of carbonyl (C=O) groups excluding carboxylic acids is 6. The molecule has 0 saturated heterocycles. The zero-order chi connectivity index (χ0) is 58.6. The highest BCUT2D eigenvalue weighted by Crippen LogP contribution is 2.22. The lowest BCUT2D eigenvalue weighted by Crippen LogP contribution is -2.21. The predicted octanol–water partition coefficient (Wildman–Crippen LogP) is 5.65. The number of hydrogen-bond acceptors (Lipinski definition) is 32. The van der Waals surface area contributed by atoms with Crippen LogP contribution in [0.5, 0.6) is 0 Å². The standard InChI is InChI=1S/C6H15O4PS2.C5H11O5PS.C3H9N.C3H9O4PS.2C3H10O3Si.3C3H8.5CH2O.CH4.3H3N.H4Si/c1-2-5-12-13-6-3-4-8-9-10-11-7;6-2-5-12-4-1-3-8-9-10-11-7;1-3-4-2;4-8-7-6-5-2-1-3-9;1-4-7(5-2)6-3;1-4-2-5-3-6-7;3*1-3-2;5*1-2;;;;;/h7,11H,2-6H2,1H3;2,7,11H,1,3-5H2;4H,3H2,1-2H3;4,8-9H,1-3H2;7H,1-3H3;2-3H2,1,7H3;3*3H2,1-2H3;5*1H2;1H4;3*1H3;1H4. The molecule has 0 amide bonds. The van der Waals surface area contributed by atoms with Crippen LogP contribution in [-0.2, 0) is 99.7 Å². The van der Waals surface area contributed by atoms with E-state index in [1.54, 1.807) is 28.4 Å². The maximum atomic E-state index is 9.86. The van der Waals surface area contributed by atoms with Gasteiger partial charge in [0.1, 0.15) is 64.3 Å². The fraction of sp³-hybridized carbons (Fsp3) is 0.842. The van der Waals surface area contributed by atoms with Gasteiger partial charge in [0.2, 0.25) is 0 Å². The third-order valence-electron chi connectivity index (χ3n) is 3.61. The van der Waals surface area contributed by atoms with Crippen LogP contribution in [0.4, 0.5) is 0 Å². The number of hydrogen-bond donors (Lipinski definition) is 8. The Labute approximate surface area is 492 Å². The fourth-order valence-electron chi connectivity index (χ4n) is 1.56. The largest absolute Gasteiger partial charge is 0.483 e. The van der Waals surface area contributed by atoms with Gasteiger partial charge in [-0.25, -0.2) is 14.7 Å². The van der Waals surface area contributed by atoms with E-state index in [9.17, 15) is 4.79 Å². The first-order valence-corrected chi connectivity index (χ1v) is 29.9. The van der Waals surface area contributed by atoms with Crippen LogP contribution in [0.1, 0.15) is 108 Å². The van der Waals surface area contributed by atoms with E-state index in [1.165, 1.54) is 43.2 Å². The average Bonchev–Trinajstić information content (AvgIpc) is 3.42. The van der Waals surface area contributed by atoms with Crippen LogP contribution in [0, 0.1) is 0 Å². The topological polar surface area (TPSA) is 419 Å². The average molecular weight is 1320 g/mol. The van der Waals surface area contributed by atoms with E-state index >= 15 is 0 Å². The minimum Gasteiger partial charge on any atom is -0.406 e. The number of carbonyl (C=O) groups is 6. The number of nitrogens with one attached hydrogen (secondary N) is 1. The summed E-state index contributed by atoms with van der Waals surface area (Å²) in [6.07, 6.45) is 8.30. The first kappa shape index (κ1) is 132. The summed E-state index contributed by atoms with van der Waals surface area (Å²) >= 11 is 5.45. The van der Waals surface area contributed by atoms with Crippen molar-refractivity contribution in [2.45, 2.75) is 108 Å². The van der Waals surface area contributed by atoms with Gasteiger partial charge in [-0.05, 0) is 61.7 Å². The highest BCUT2D eigenvalue weighted by Gasteiger charge is 2.05. The molecule has 76 heavy (non-hydrogen) atoms. The smallest absolute Gasteiger partial charge is 0.406 e. The summed E-state index contributed by atoms with van der Waals surface area (Å²) in [6, 6.07) is 0. The Hall–Kier alpha value is 0.481. The van der Waals surface area contributed by atoms with E-state index in [-0.39, 0.29) is 36.8 Å². The molecule has 3 atom stereocenters. The number of methoxy groups -OCH3 is 1. The molecular weight excluding hydrogens is 1200 g/mol. The Morgan fingerprint density at radius 1 is 0.605 bits per heavy atom. The van der Waals surface area contributed by atoms with E-state index in [0.717, 1.165) is 59.8 Å². The van der Waals surface area contributed by atoms with Gasteiger partial charge in [-0.2, -0.15) is 38.4 Å². The Kier molecular flexibility index (Phi) is 367. The van der Waals surface area contributed by atoms with Crippen molar-refractivity contribution < 1.29 is 114 Å². The van der Waals surface area contributed by atoms with Gasteiger partial charge in [-0.1, -0.05) is 119 Å². The van der Waals surface area contributed by atoms with Gasteiger partial charge in [-0.3, -0.25) is 0 Å². The summed E-state index contributed by atoms with van der Waals surface area (Å²) in [4.78, 5) is 87.6. The van der Waals surface area contributed by atoms with Gasteiger partial charge < -0.3 is 94.4 Å². The molecule has 0 aliphatic carbocycles. The maximum absolute atomic E-state index is 9.86. The number of rotatable bonds is 33. The van der Waals surface area contributed by atoms with E-state index in [4.69, 9.17) is 56.7 Å². The minimum absolute atomic E-state index is 0. The Morgan fingerprint density at radius 3 is 1.16 bits per heavy atom. The molecule has 0 aromatic rings. The third-order valence-corrected chi connectivity index (χ3v) is 9.39. The van der Waals surface area contributed by atoms with Crippen molar-refractivity contribution in [3.8, 4) is 0 Å². The molecule has 0 fully saturated rings. The lowest BCUT2D eigenvalue weighted by molar-refractivity contribution is -0.464. The van der Waals surface area contributed by atoms with Crippen LogP contribution < -0.4 is 23.8 Å². The predicted molar refractivity (Wildman–Crippen MR) is 336 cm³/mol. The van der Waals surface area contributed by atoms with Crippen molar-refractivity contribution in [3.63, 3.8) is 0 Å². The SMILES string of the molecule is C.C=O.C=O.C=O.C=O.C=O.CCC.CCC.CCC.CCCSSCCCOOOPO.CCNC.COCOCO[SiH3].CO[SiH](OC)OC.N.N.N.O=CCSCCCOOOPO.OPOOOCCCS.[SiH4]. The van der Waals surface area contributed by atoms with Crippen LogP contribution in [0.25, 0.3) is 0 Å². The van der Waals surface area contributed by atoms with Crippen molar-refractivity contribution in [2.24, 2.45) is 0 Å². The summed E-state index contributed by atoms with van der Waals surface area (Å²) in [5.41, 5.74) is 0. The van der Waals surface area contributed by atoms with Crippen LogP contribution in [0.2, 0.25) is 0 Å². The van der Waals surface area contributed by atoms with Gasteiger partial charge in [0.25, 0.3) is 0 Å². The lowest BCUT2D eigenvalue weighted by Gasteiger charge is -2.05. The van der Waals surface area contributed by atoms with Crippen LogP contribution in [0.15, 0.2) is 0 Å². The van der Waals surface area contributed by atoms with E-state index < -0.39 is 36.6 Å². The third kappa shape index (κ3) is 302. The highest BCUT2D eigenvalue weighted by molar-refractivity contribution is 8.76. The summed E-state index contributed by atoms with van der Waals surface area (Å²) in [6.45, 7) is 30.0. The molecule has 0 bridgehead atoms. The molecule has 0 aliphatic rings. The summed E-state index contributed by atoms with van der Waals surface area (Å²) in [5.74, 6) is 4.32. The van der Waals surface area contributed by atoms with Gasteiger partial charge in [-0.15, -0.1) is 0 Å². The van der Waals surface area contributed by atoms with Crippen molar-refractivity contribution in [3.05, 3.63) is 0 Å². The Balaban J connectivity index is -0.0000000284. The molecule has 13 N–H and O–H groups in total. The monoisotopic (exact) mass is 1320 g/mol. The van der Waals surface area contributed by atoms with E-state index in [0.29, 0.717) is 39.2 Å². The molecule has 38 heteroatoms.